The van der Waals surface area contributed by atoms with E-state index in [0.717, 1.165) is 42.1 Å². The predicted octanol–water partition coefficient (Wildman–Crippen LogP) is 4.46. The zero-order chi connectivity index (χ0) is 22.8. The van der Waals surface area contributed by atoms with Crippen molar-refractivity contribution in [2.45, 2.75) is 26.4 Å². The van der Waals surface area contributed by atoms with Gasteiger partial charge < -0.3 is 24.7 Å². The molecule has 0 bridgehead atoms. The number of aromatic nitrogens is 1. The van der Waals surface area contributed by atoms with Gasteiger partial charge in [-0.3, -0.25) is 4.99 Å². The summed E-state index contributed by atoms with van der Waals surface area (Å²) < 4.78 is 11.4. The summed E-state index contributed by atoms with van der Waals surface area (Å²) in [6.45, 7) is 4.99. The molecule has 2 N–H and O–H groups in total. The standard InChI is InChI=1S/C25H33N5O2.HI/c1-19-6-10-21(11-7-19)24-29-22(18-32-24)17-28-25(26-2)27-16-20-8-12-23(13-9-20)31-15-5-14-30(3)4;/h6-13,18H,5,14-17H2,1-4H3,(H2,26,27,28);1H. The van der Waals surface area contributed by atoms with E-state index in [1.54, 1.807) is 13.3 Å². The first kappa shape index (κ1) is 26.7. The Hall–Kier alpha value is -2.59. The van der Waals surface area contributed by atoms with Crippen LogP contribution < -0.4 is 15.4 Å². The minimum absolute atomic E-state index is 0. The Balaban J connectivity index is 0.00000385. The zero-order valence-corrected chi connectivity index (χ0v) is 22.1. The molecule has 2 aromatic carbocycles. The molecule has 0 saturated heterocycles. The number of benzene rings is 2. The zero-order valence-electron chi connectivity index (χ0n) is 19.8. The van der Waals surface area contributed by atoms with E-state index in [-0.39, 0.29) is 24.0 Å². The van der Waals surface area contributed by atoms with Crippen molar-refractivity contribution in [3.63, 3.8) is 0 Å². The Morgan fingerprint density at radius 2 is 1.73 bits per heavy atom. The first-order chi connectivity index (χ1) is 15.5. The Morgan fingerprint density at radius 3 is 2.39 bits per heavy atom. The van der Waals surface area contributed by atoms with E-state index >= 15 is 0 Å². The molecule has 0 aliphatic carbocycles. The number of ether oxygens (including phenoxy) is 1. The highest BCUT2D eigenvalue weighted by Gasteiger charge is 2.07. The molecule has 7 nitrogen and oxygen atoms in total. The van der Waals surface area contributed by atoms with Crippen LogP contribution in [0.15, 0.2) is 64.2 Å². The van der Waals surface area contributed by atoms with Gasteiger partial charge in [0.1, 0.15) is 12.0 Å². The highest BCUT2D eigenvalue weighted by molar-refractivity contribution is 14.0. The second kappa shape index (κ2) is 13.8. The normalized spacial score (nSPS) is 11.2. The molecule has 33 heavy (non-hydrogen) atoms. The van der Waals surface area contributed by atoms with Crippen LogP contribution in [0.2, 0.25) is 0 Å². The number of hydrogen-bond acceptors (Lipinski definition) is 5. The van der Waals surface area contributed by atoms with Crippen molar-refractivity contribution < 1.29 is 9.15 Å². The van der Waals surface area contributed by atoms with Gasteiger partial charge in [-0.05, 0) is 57.3 Å². The molecule has 0 amide bonds. The summed E-state index contributed by atoms with van der Waals surface area (Å²) in [5, 5.41) is 6.59. The average Bonchev–Trinajstić information content (AvgIpc) is 3.27. The topological polar surface area (TPSA) is 74.9 Å². The Labute approximate surface area is 213 Å². The molecule has 0 aliphatic rings. The molecule has 0 aliphatic heterocycles. The van der Waals surface area contributed by atoms with E-state index < -0.39 is 0 Å². The van der Waals surface area contributed by atoms with Crippen molar-refractivity contribution in [3.05, 3.63) is 71.6 Å². The van der Waals surface area contributed by atoms with Crippen LogP contribution in [-0.2, 0) is 13.1 Å². The minimum atomic E-state index is 0. The van der Waals surface area contributed by atoms with Gasteiger partial charge in [0.05, 0.1) is 18.8 Å². The van der Waals surface area contributed by atoms with E-state index in [0.29, 0.717) is 24.9 Å². The van der Waals surface area contributed by atoms with E-state index in [1.807, 2.05) is 36.4 Å². The van der Waals surface area contributed by atoms with Crippen molar-refractivity contribution >= 4 is 29.9 Å². The molecule has 3 aromatic rings. The van der Waals surface area contributed by atoms with Gasteiger partial charge in [-0.1, -0.05) is 29.8 Å². The SMILES string of the molecule is CN=C(NCc1ccc(OCCCN(C)C)cc1)NCc1coc(-c2ccc(C)cc2)n1.I. The molecular weight excluding hydrogens is 529 g/mol. The summed E-state index contributed by atoms with van der Waals surface area (Å²) in [4.78, 5) is 11.0. The first-order valence-corrected chi connectivity index (χ1v) is 10.9. The second-order valence-corrected chi connectivity index (χ2v) is 7.94. The molecule has 0 radical (unpaired) electrons. The molecule has 3 rings (SSSR count). The maximum Gasteiger partial charge on any atom is 0.226 e. The molecule has 0 spiro atoms. The van der Waals surface area contributed by atoms with Crippen molar-refractivity contribution in [1.29, 1.82) is 0 Å². The second-order valence-electron chi connectivity index (χ2n) is 7.94. The number of nitrogens with zero attached hydrogens (tertiary/aromatic N) is 3. The van der Waals surface area contributed by atoms with Crippen LogP contribution in [-0.4, -0.2) is 50.1 Å². The average molecular weight is 563 g/mol. The smallest absolute Gasteiger partial charge is 0.226 e. The van der Waals surface area contributed by atoms with Gasteiger partial charge in [-0.15, -0.1) is 24.0 Å². The van der Waals surface area contributed by atoms with Gasteiger partial charge in [0.15, 0.2) is 5.96 Å². The lowest BCUT2D eigenvalue weighted by atomic mass is 10.1. The van der Waals surface area contributed by atoms with Gasteiger partial charge in [0.2, 0.25) is 5.89 Å². The Morgan fingerprint density at radius 1 is 1.03 bits per heavy atom. The predicted molar refractivity (Wildman–Crippen MR) is 144 cm³/mol. The fourth-order valence-electron chi connectivity index (χ4n) is 3.07. The van der Waals surface area contributed by atoms with Crippen molar-refractivity contribution in [2.24, 2.45) is 4.99 Å². The van der Waals surface area contributed by atoms with Crippen LogP contribution in [0.5, 0.6) is 5.75 Å². The van der Waals surface area contributed by atoms with Crippen molar-refractivity contribution in [1.82, 2.24) is 20.5 Å². The number of rotatable bonds is 10. The van der Waals surface area contributed by atoms with Crippen LogP contribution in [0.1, 0.15) is 23.2 Å². The number of aliphatic imine (C=N–C) groups is 1. The quantitative estimate of drug-likeness (QED) is 0.164. The van der Waals surface area contributed by atoms with Crippen LogP contribution in [0.25, 0.3) is 11.5 Å². The molecule has 8 heteroatoms. The molecule has 0 fully saturated rings. The summed E-state index contributed by atoms with van der Waals surface area (Å²) in [7, 11) is 5.89. The summed E-state index contributed by atoms with van der Waals surface area (Å²) in [6.07, 6.45) is 2.68. The van der Waals surface area contributed by atoms with Crippen LogP contribution in [0.4, 0.5) is 0 Å². The van der Waals surface area contributed by atoms with Crippen molar-refractivity contribution in [2.75, 3.05) is 34.3 Å². The minimum Gasteiger partial charge on any atom is -0.494 e. The van der Waals surface area contributed by atoms with Crippen LogP contribution in [0, 0.1) is 6.92 Å². The number of guanidine groups is 1. The maximum absolute atomic E-state index is 5.79. The number of hydrogen-bond donors (Lipinski definition) is 2. The van der Waals surface area contributed by atoms with E-state index in [1.165, 1.54) is 5.56 Å². The van der Waals surface area contributed by atoms with Crippen molar-refractivity contribution in [3.8, 4) is 17.2 Å². The highest BCUT2D eigenvalue weighted by Crippen LogP contribution is 2.19. The van der Waals surface area contributed by atoms with Gasteiger partial charge in [-0.25, -0.2) is 4.98 Å². The Kier molecular flexibility index (Phi) is 11.2. The summed E-state index contributed by atoms with van der Waals surface area (Å²) in [5.41, 5.74) is 4.14. The lowest BCUT2D eigenvalue weighted by Crippen LogP contribution is -2.36. The van der Waals surface area contributed by atoms with E-state index in [2.05, 4.69) is 58.7 Å². The fourth-order valence-corrected chi connectivity index (χ4v) is 3.07. The van der Waals surface area contributed by atoms with Crippen LogP contribution >= 0.6 is 24.0 Å². The molecule has 178 valence electrons. The van der Waals surface area contributed by atoms with E-state index in [9.17, 15) is 0 Å². The third-order valence-electron chi connectivity index (χ3n) is 4.91. The molecule has 0 atom stereocenters. The summed E-state index contributed by atoms with van der Waals surface area (Å²) in [6, 6.07) is 16.3. The third-order valence-corrected chi connectivity index (χ3v) is 4.91. The summed E-state index contributed by atoms with van der Waals surface area (Å²) >= 11 is 0. The number of nitrogens with one attached hydrogen (secondary N) is 2. The number of halogens is 1. The monoisotopic (exact) mass is 563 g/mol. The lowest BCUT2D eigenvalue weighted by Gasteiger charge is -2.12. The van der Waals surface area contributed by atoms with Gasteiger partial charge in [-0.2, -0.15) is 0 Å². The van der Waals surface area contributed by atoms with Crippen LogP contribution in [0.3, 0.4) is 0 Å². The summed E-state index contributed by atoms with van der Waals surface area (Å²) in [5.74, 6) is 2.22. The Bertz CT molecular complexity index is 985. The number of aryl methyl sites for hydroxylation is 1. The van der Waals surface area contributed by atoms with E-state index in [4.69, 9.17) is 9.15 Å². The first-order valence-electron chi connectivity index (χ1n) is 10.9. The van der Waals surface area contributed by atoms with Gasteiger partial charge >= 0.3 is 0 Å². The van der Waals surface area contributed by atoms with Gasteiger partial charge in [0, 0.05) is 25.7 Å². The molecule has 0 unspecified atom stereocenters. The largest absolute Gasteiger partial charge is 0.494 e. The number of oxazole rings is 1. The molecular formula is C25H34IN5O2. The fraction of sp³-hybridized carbons (Fsp3) is 0.360. The molecule has 0 saturated carbocycles. The van der Waals surface area contributed by atoms with Gasteiger partial charge in [0.25, 0.3) is 0 Å². The molecule has 1 heterocycles. The maximum atomic E-state index is 5.79. The third kappa shape index (κ3) is 9.05. The highest BCUT2D eigenvalue weighted by atomic mass is 127. The lowest BCUT2D eigenvalue weighted by molar-refractivity contribution is 0.281. The molecule has 1 aromatic heterocycles.